The van der Waals surface area contributed by atoms with Crippen molar-refractivity contribution in [2.45, 2.75) is 19.6 Å². The van der Waals surface area contributed by atoms with E-state index in [0.717, 1.165) is 10.7 Å². The average Bonchev–Trinajstić information content (AvgIpc) is 2.89. The van der Waals surface area contributed by atoms with Gasteiger partial charge in [0.25, 0.3) is 0 Å². The Hall–Kier alpha value is -1.17. The fourth-order valence-corrected chi connectivity index (χ4v) is 2.12. The Kier molecular flexibility index (Phi) is 3.71. The molecule has 2 aromatic heterocycles. The van der Waals surface area contributed by atoms with E-state index in [2.05, 4.69) is 10.3 Å². The minimum atomic E-state index is -0.601. The topological polar surface area (TPSA) is 58.3 Å². The lowest BCUT2D eigenvalue weighted by Crippen LogP contribution is -2.20. The van der Waals surface area contributed by atoms with E-state index < -0.39 is 6.10 Å². The van der Waals surface area contributed by atoms with Crippen molar-refractivity contribution in [3.63, 3.8) is 0 Å². The highest BCUT2D eigenvalue weighted by Gasteiger charge is 2.09. The maximum absolute atomic E-state index is 9.72. The molecule has 0 aliphatic heterocycles. The third-order valence-corrected chi connectivity index (χ3v) is 3.12. The molecular weight excluding hydrogens is 224 g/mol. The standard InChI is InChI=1S/C11H14N2O2S/c1-8-7-16-11(13-8)6-12-5-9(14)10-3-2-4-15-10/h2-4,7,9,12,14H,5-6H2,1H3. The lowest BCUT2D eigenvalue weighted by molar-refractivity contribution is 0.147. The van der Waals surface area contributed by atoms with Gasteiger partial charge in [0.2, 0.25) is 0 Å². The van der Waals surface area contributed by atoms with E-state index in [-0.39, 0.29) is 0 Å². The van der Waals surface area contributed by atoms with E-state index >= 15 is 0 Å². The molecule has 2 rings (SSSR count). The lowest BCUT2D eigenvalue weighted by Gasteiger charge is -2.07. The van der Waals surface area contributed by atoms with E-state index in [1.165, 1.54) is 0 Å². The molecule has 0 aliphatic rings. The van der Waals surface area contributed by atoms with Crippen molar-refractivity contribution in [1.29, 1.82) is 0 Å². The van der Waals surface area contributed by atoms with Crippen LogP contribution in [0.25, 0.3) is 0 Å². The monoisotopic (exact) mass is 238 g/mol. The molecule has 16 heavy (non-hydrogen) atoms. The van der Waals surface area contributed by atoms with E-state index in [0.29, 0.717) is 18.8 Å². The first-order chi connectivity index (χ1) is 7.75. The number of furan rings is 1. The van der Waals surface area contributed by atoms with Gasteiger partial charge in [0.15, 0.2) is 0 Å². The van der Waals surface area contributed by atoms with Gasteiger partial charge >= 0.3 is 0 Å². The van der Waals surface area contributed by atoms with Crippen LogP contribution in [0.3, 0.4) is 0 Å². The van der Waals surface area contributed by atoms with Gasteiger partial charge in [-0.05, 0) is 19.1 Å². The third-order valence-electron chi connectivity index (χ3n) is 2.15. The summed E-state index contributed by atoms with van der Waals surface area (Å²) >= 11 is 1.62. The maximum atomic E-state index is 9.72. The predicted octanol–water partition coefficient (Wildman–Crippen LogP) is 1.87. The van der Waals surface area contributed by atoms with E-state index in [4.69, 9.17) is 4.42 Å². The summed E-state index contributed by atoms with van der Waals surface area (Å²) in [6.07, 6.45) is 0.957. The Morgan fingerprint density at radius 2 is 2.50 bits per heavy atom. The number of aliphatic hydroxyl groups is 1. The number of nitrogens with zero attached hydrogens (tertiary/aromatic N) is 1. The van der Waals surface area contributed by atoms with E-state index in [1.807, 2.05) is 12.3 Å². The fraction of sp³-hybridized carbons (Fsp3) is 0.364. The van der Waals surface area contributed by atoms with Crippen LogP contribution in [0.5, 0.6) is 0 Å². The number of aryl methyl sites for hydroxylation is 1. The molecule has 5 heteroatoms. The number of hydrogen-bond donors (Lipinski definition) is 2. The van der Waals surface area contributed by atoms with Crippen molar-refractivity contribution in [3.05, 3.63) is 40.2 Å². The minimum Gasteiger partial charge on any atom is -0.467 e. The van der Waals surface area contributed by atoms with Crippen molar-refractivity contribution in [1.82, 2.24) is 10.3 Å². The first kappa shape index (κ1) is 11.3. The predicted molar refractivity (Wildman–Crippen MR) is 62.2 cm³/mol. The summed E-state index contributed by atoms with van der Waals surface area (Å²) in [5, 5.41) is 15.9. The van der Waals surface area contributed by atoms with Gasteiger partial charge in [0.05, 0.1) is 6.26 Å². The first-order valence-electron chi connectivity index (χ1n) is 5.09. The molecular formula is C11H14N2O2S. The van der Waals surface area contributed by atoms with Crippen molar-refractivity contribution in [3.8, 4) is 0 Å². The summed E-state index contributed by atoms with van der Waals surface area (Å²) < 4.78 is 5.10. The largest absolute Gasteiger partial charge is 0.467 e. The number of hydrogen-bond acceptors (Lipinski definition) is 5. The molecule has 0 saturated carbocycles. The van der Waals surface area contributed by atoms with Gasteiger partial charge in [0.1, 0.15) is 16.9 Å². The van der Waals surface area contributed by atoms with Crippen molar-refractivity contribution >= 4 is 11.3 Å². The summed E-state index contributed by atoms with van der Waals surface area (Å²) in [5.74, 6) is 0.586. The SMILES string of the molecule is Cc1csc(CNCC(O)c2ccco2)n1. The quantitative estimate of drug-likeness (QED) is 0.835. The van der Waals surface area contributed by atoms with Gasteiger partial charge in [-0.3, -0.25) is 0 Å². The highest BCUT2D eigenvalue weighted by Crippen LogP contribution is 2.12. The van der Waals surface area contributed by atoms with Gasteiger partial charge in [-0.1, -0.05) is 0 Å². The van der Waals surface area contributed by atoms with Crippen molar-refractivity contribution in [2.75, 3.05) is 6.54 Å². The van der Waals surface area contributed by atoms with Crippen LogP contribution in [0.15, 0.2) is 28.2 Å². The first-order valence-corrected chi connectivity index (χ1v) is 5.97. The molecule has 0 saturated heterocycles. The number of nitrogens with one attached hydrogen (secondary N) is 1. The minimum absolute atomic E-state index is 0.464. The molecule has 2 N–H and O–H groups in total. The van der Waals surface area contributed by atoms with Crippen LogP contribution >= 0.6 is 11.3 Å². The van der Waals surface area contributed by atoms with Crippen LogP contribution in [0.1, 0.15) is 22.6 Å². The fourth-order valence-electron chi connectivity index (χ4n) is 1.38. The zero-order valence-electron chi connectivity index (χ0n) is 9.01. The van der Waals surface area contributed by atoms with Gasteiger partial charge in [-0.15, -0.1) is 11.3 Å². The van der Waals surface area contributed by atoms with Gasteiger partial charge in [-0.25, -0.2) is 4.98 Å². The molecule has 2 heterocycles. The molecule has 1 unspecified atom stereocenters. The van der Waals surface area contributed by atoms with Crippen LogP contribution in [-0.4, -0.2) is 16.6 Å². The van der Waals surface area contributed by atoms with Crippen LogP contribution in [0.2, 0.25) is 0 Å². The van der Waals surface area contributed by atoms with Gasteiger partial charge in [0, 0.05) is 24.2 Å². The highest BCUT2D eigenvalue weighted by atomic mass is 32.1. The summed E-state index contributed by atoms with van der Waals surface area (Å²) in [4.78, 5) is 4.32. The molecule has 4 nitrogen and oxygen atoms in total. The van der Waals surface area contributed by atoms with Crippen LogP contribution < -0.4 is 5.32 Å². The molecule has 0 aliphatic carbocycles. The molecule has 0 spiro atoms. The normalized spacial score (nSPS) is 12.9. The summed E-state index contributed by atoms with van der Waals surface area (Å²) in [6, 6.07) is 3.53. The summed E-state index contributed by atoms with van der Waals surface area (Å²) in [7, 11) is 0. The van der Waals surface area contributed by atoms with E-state index in [9.17, 15) is 5.11 Å². The number of rotatable bonds is 5. The molecule has 86 valence electrons. The number of aliphatic hydroxyl groups excluding tert-OH is 1. The Balaban J connectivity index is 1.76. The highest BCUT2D eigenvalue weighted by molar-refractivity contribution is 7.09. The summed E-state index contributed by atoms with van der Waals surface area (Å²) in [6.45, 7) is 3.11. The number of thiazole rings is 1. The average molecular weight is 238 g/mol. The second-order valence-corrected chi connectivity index (χ2v) is 4.49. The Bertz CT molecular complexity index is 425. The number of aromatic nitrogens is 1. The Morgan fingerprint density at radius 1 is 1.62 bits per heavy atom. The maximum Gasteiger partial charge on any atom is 0.133 e. The van der Waals surface area contributed by atoms with Crippen LogP contribution in [0.4, 0.5) is 0 Å². The zero-order valence-corrected chi connectivity index (χ0v) is 9.83. The smallest absolute Gasteiger partial charge is 0.133 e. The molecule has 1 atom stereocenters. The van der Waals surface area contributed by atoms with Gasteiger partial charge < -0.3 is 14.8 Å². The Morgan fingerprint density at radius 3 is 3.12 bits per heavy atom. The molecule has 0 bridgehead atoms. The molecule has 0 radical (unpaired) electrons. The Labute approximate surface area is 97.9 Å². The van der Waals surface area contributed by atoms with Gasteiger partial charge in [-0.2, -0.15) is 0 Å². The second kappa shape index (κ2) is 5.25. The van der Waals surface area contributed by atoms with Crippen LogP contribution in [-0.2, 0) is 6.54 Å². The van der Waals surface area contributed by atoms with Crippen molar-refractivity contribution in [2.24, 2.45) is 0 Å². The third kappa shape index (κ3) is 2.91. The zero-order chi connectivity index (χ0) is 11.4. The van der Waals surface area contributed by atoms with Crippen molar-refractivity contribution < 1.29 is 9.52 Å². The van der Waals surface area contributed by atoms with E-state index in [1.54, 1.807) is 29.7 Å². The molecule has 0 aromatic carbocycles. The lowest BCUT2D eigenvalue weighted by atomic mass is 10.3. The summed E-state index contributed by atoms with van der Waals surface area (Å²) in [5.41, 5.74) is 1.04. The molecule has 0 fully saturated rings. The molecule has 0 amide bonds. The van der Waals surface area contributed by atoms with Crippen LogP contribution in [0, 0.1) is 6.92 Å². The second-order valence-electron chi connectivity index (χ2n) is 3.54. The molecule has 2 aromatic rings.